The van der Waals surface area contributed by atoms with Crippen molar-refractivity contribution in [2.45, 2.75) is 70.1 Å². The molecule has 0 fully saturated rings. The minimum atomic E-state index is -1.35. The third kappa shape index (κ3) is 11.3. The summed E-state index contributed by atoms with van der Waals surface area (Å²) < 4.78 is 0. The third-order valence-corrected chi connectivity index (χ3v) is 5.08. The number of carboxylic acid groups (broad SMARTS) is 1. The molecule has 0 saturated carbocycles. The zero-order valence-electron chi connectivity index (χ0n) is 18.5. The molecule has 0 radical (unpaired) electrons. The Balaban J connectivity index is 5.30. The smallest absolute Gasteiger partial charge is 0.326 e. The predicted octanol–water partition coefficient (Wildman–Crippen LogP) is -2.17. The quantitative estimate of drug-likeness (QED) is 0.0902. The molecule has 0 bridgehead atoms. The standard InChI is InChI=1S/C19H36N6O6S/c1-10(2)15(22)18(29)25-13(9-32)17(28)23-11(5-3-4-8-20)16(27)24-12(19(30)31)6-7-14(21)26/h10-13,15,32H,3-9,20,22H2,1-2H3,(H2,21,26)(H,23,28)(H,24,27)(H,25,29)(H,30,31). The van der Waals surface area contributed by atoms with E-state index in [1.807, 2.05) is 0 Å². The highest BCUT2D eigenvalue weighted by molar-refractivity contribution is 7.80. The summed E-state index contributed by atoms with van der Waals surface area (Å²) in [5.74, 6) is -4.18. The molecule has 4 atom stereocenters. The first-order chi connectivity index (χ1) is 14.9. The number of nitrogens with one attached hydrogen (secondary N) is 3. The van der Waals surface area contributed by atoms with Crippen molar-refractivity contribution in [3.8, 4) is 0 Å². The summed E-state index contributed by atoms with van der Waals surface area (Å²) >= 11 is 4.08. The molecule has 0 aliphatic heterocycles. The maximum absolute atomic E-state index is 12.7. The number of nitrogens with two attached hydrogens (primary N) is 3. The van der Waals surface area contributed by atoms with Crippen LogP contribution in [0.5, 0.6) is 0 Å². The van der Waals surface area contributed by atoms with Crippen LogP contribution in [0.15, 0.2) is 0 Å². The van der Waals surface area contributed by atoms with Gasteiger partial charge in [0.2, 0.25) is 23.6 Å². The summed E-state index contributed by atoms with van der Waals surface area (Å²) in [4.78, 5) is 59.9. The Morgan fingerprint density at radius 3 is 1.88 bits per heavy atom. The lowest BCUT2D eigenvalue weighted by atomic mass is 10.0. The van der Waals surface area contributed by atoms with Gasteiger partial charge in [0, 0.05) is 12.2 Å². The normalized spacial score (nSPS) is 14.7. The maximum Gasteiger partial charge on any atom is 0.326 e. The van der Waals surface area contributed by atoms with E-state index in [9.17, 15) is 29.1 Å². The first-order valence-corrected chi connectivity index (χ1v) is 11.1. The Bertz CT molecular complexity index is 662. The summed E-state index contributed by atoms with van der Waals surface area (Å²) in [6, 6.07) is -4.31. The average Bonchev–Trinajstić information content (AvgIpc) is 2.72. The number of hydrogen-bond donors (Lipinski definition) is 8. The average molecular weight is 477 g/mol. The Hall–Kier alpha value is -2.38. The molecule has 4 unspecified atom stereocenters. The van der Waals surface area contributed by atoms with Gasteiger partial charge in [0.25, 0.3) is 0 Å². The molecule has 184 valence electrons. The first-order valence-electron chi connectivity index (χ1n) is 10.4. The van der Waals surface area contributed by atoms with Gasteiger partial charge in [-0.2, -0.15) is 12.6 Å². The molecule has 0 aromatic rings. The molecule has 10 N–H and O–H groups in total. The zero-order valence-corrected chi connectivity index (χ0v) is 19.4. The zero-order chi connectivity index (χ0) is 24.8. The van der Waals surface area contributed by atoms with Crippen LogP contribution in [0.4, 0.5) is 0 Å². The van der Waals surface area contributed by atoms with Gasteiger partial charge in [-0.25, -0.2) is 4.79 Å². The van der Waals surface area contributed by atoms with Crippen LogP contribution in [0.25, 0.3) is 0 Å². The van der Waals surface area contributed by atoms with Crippen LogP contribution < -0.4 is 33.2 Å². The van der Waals surface area contributed by atoms with Crippen LogP contribution in [0, 0.1) is 5.92 Å². The molecule has 0 aliphatic rings. The van der Waals surface area contributed by atoms with Crippen molar-refractivity contribution < 1.29 is 29.1 Å². The Morgan fingerprint density at radius 2 is 1.41 bits per heavy atom. The fourth-order valence-electron chi connectivity index (χ4n) is 2.62. The van der Waals surface area contributed by atoms with Crippen LogP contribution in [0.3, 0.4) is 0 Å². The summed E-state index contributed by atoms with van der Waals surface area (Å²) in [6.07, 6.45) is 0.840. The number of carboxylic acids is 1. The molecule has 0 aromatic carbocycles. The second-order valence-electron chi connectivity index (χ2n) is 7.76. The van der Waals surface area contributed by atoms with Gasteiger partial charge in [0.1, 0.15) is 18.1 Å². The molecule has 0 heterocycles. The molecule has 0 spiro atoms. The number of amides is 4. The molecule has 32 heavy (non-hydrogen) atoms. The fourth-order valence-corrected chi connectivity index (χ4v) is 2.87. The lowest BCUT2D eigenvalue weighted by Gasteiger charge is -2.25. The lowest BCUT2D eigenvalue weighted by molar-refractivity contribution is -0.142. The number of rotatable bonds is 16. The number of primary amides is 1. The van der Waals surface area contributed by atoms with Gasteiger partial charge in [-0.15, -0.1) is 0 Å². The van der Waals surface area contributed by atoms with Gasteiger partial charge in [-0.1, -0.05) is 13.8 Å². The molecule has 0 saturated heterocycles. The Morgan fingerprint density at radius 1 is 0.875 bits per heavy atom. The highest BCUT2D eigenvalue weighted by Crippen LogP contribution is 2.06. The summed E-state index contributed by atoms with van der Waals surface area (Å²) in [5.41, 5.74) is 16.3. The molecule has 12 nitrogen and oxygen atoms in total. The molecule has 0 aromatic heterocycles. The van der Waals surface area contributed by atoms with Crippen LogP contribution >= 0.6 is 12.6 Å². The summed E-state index contributed by atoms with van der Waals surface area (Å²) in [7, 11) is 0. The lowest BCUT2D eigenvalue weighted by Crippen LogP contribution is -2.58. The molecule has 13 heteroatoms. The van der Waals surface area contributed by atoms with Crippen molar-refractivity contribution in [1.82, 2.24) is 16.0 Å². The van der Waals surface area contributed by atoms with Crippen LogP contribution in [0.2, 0.25) is 0 Å². The van der Waals surface area contributed by atoms with Crippen LogP contribution in [-0.4, -0.2) is 71.2 Å². The van der Waals surface area contributed by atoms with Crippen molar-refractivity contribution >= 4 is 42.2 Å². The predicted molar refractivity (Wildman–Crippen MR) is 121 cm³/mol. The van der Waals surface area contributed by atoms with E-state index < -0.39 is 53.8 Å². The number of aliphatic carboxylic acids is 1. The van der Waals surface area contributed by atoms with E-state index >= 15 is 0 Å². The molecule has 0 rings (SSSR count). The van der Waals surface area contributed by atoms with Crippen molar-refractivity contribution in [2.75, 3.05) is 12.3 Å². The van der Waals surface area contributed by atoms with Gasteiger partial charge in [-0.05, 0) is 38.1 Å². The van der Waals surface area contributed by atoms with Gasteiger partial charge in [0.15, 0.2) is 0 Å². The fraction of sp³-hybridized carbons (Fsp3) is 0.737. The highest BCUT2D eigenvalue weighted by Gasteiger charge is 2.30. The van der Waals surface area contributed by atoms with E-state index in [1.54, 1.807) is 13.8 Å². The van der Waals surface area contributed by atoms with Crippen molar-refractivity contribution in [1.29, 1.82) is 0 Å². The minimum Gasteiger partial charge on any atom is -0.480 e. The molecular weight excluding hydrogens is 440 g/mol. The monoisotopic (exact) mass is 476 g/mol. The largest absolute Gasteiger partial charge is 0.480 e. The van der Waals surface area contributed by atoms with E-state index in [4.69, 9.17) is 17.2 Å². The second kappa shape index (κ2) is 15.4. The van der Waals surface area contributed by atoms with Crippen LogP contribution in [-0.2, 0) is 24.0 Å². The van der Waals surface area contributed by atoms with Crippen LogP contribution in [0.1, 0.15) is 46.0 Å². The minimum absolute atomic E-state index is 0.0457. The van der Waals surface area contributed by atoms with Crippen molar-refractivity contribution in [3.63, 3.8) is 0 Å². The number of hydrogen-bond acceptors (Lipinski definition) is 8. The number of carbonyl (C=O) groups excluding carboxylic acids is 4. The number of unbranched alkanes of at least 4 members (excludes halogenated alkanes) is 1. The van der Waals surface area contributed by atoms with Gasteiger partial charge in [-0.3, -0.25) is 19.2 Å². The highest BCUT2D eigenvalue weighted by atomic mass is 32.1. The number of thiol groups is 1. The topological polar surface area (TPSA) is 220 Å². The number of carbonyl (C=O) groups is 5. The van der Waals surface area contributed by atoms with E-state index in [1.165, 1.54) is 0 Å². The van der Waals surface area contributed by atoms with Gasteiger partial charge >= 0.3 is 5.97 Å². The third-order valence-electron chi connectivity index (χ3n) is 4.71. The molecular formula is C19H36N6O6S. The second-order valence-corrected chi connectivity index (χ2v) is 8.13. The maximum atomic E-state index is 12.7. The summed E-state index contributed by atoms with van der Waals surface area (Å²) in [5, 5.41) is 16.6. The van der Waals surface area contributed by atoms with Gasteiger partial charge < -0.3 is 38.3 Å². The first kappa shape index (κ1) is 29.6. The van der Waals surface area contributed by atoms with Crippen molar-refractivity contribution in [2.24, 2.45) is 23.1 Å². The van der Waals surface area contributed by atoms with E-state index in [-0.39, 0.29) is 30.9 Å². The van der Waals surface area contributed by atoms with Gasteiger partial charge in [0.05, 0.1) is 6.04 Å². The van der Waals surface area contributed by atoms with Crippen molar-refractivity contribution in [3.05, 3.63) is 0 Å². The Kier molecular flexibility index (Phi) is 14.3. The van der Waals surface area contributed by atoms with E-state index in [0.717, 1.165) is 0 Å². The Labute approximate surface area is 193 Å². The molecule has 0 aliphatic carbocycles. The SMILES string of the molecule is CC(C)C(N)C(=O)NC(CS)C(=O)NC(CCCCN)C(=O)NC(CCC(N)=O)C(=O)O. The summed E-state index contributed by atoms with van der Waals surface area (Å²) in [6.45, 7) is 3.89. The van der Waals surface area contributed by atoms with E-state index in [2.05, 4.69) is 28.6 Å². The van der Waals surface area contributed by atoms with E-state index in [0.29, 0.717) is 19.4 Å². The molecule has 4 amide bonds.